The Morgan fingerprint density at radius 2 is 1.89 bits per heavy atom. The molecule has 0 heterocycles. The number of amides is 1. The fourth-order valence-electron chi connectivity index (χ4n) is 1.19. The van der Waals surface area contributed by atoms with Crippen LogP contribution in [0.1, 0.15) is 27.7 Å². The molecule has 0 aliphatic rings. The number of methoxy groups -OCH3 is 1. The summed E-state index contributed by atoms with van der Waals surface area (Å²) < 4.78 is 11.5. The molecule has 0 bridgehead atoms. The highest BCUT2D eigenvalue weighted by molar-refractivity contribution is 14.1. The first-order valence-electron chi connectivity index (χ1n) is 5.55. The van der Waals surface area contributed by atoms with Gasteiger partial charge < -0.3 is 14.8 Å². The Bertz CT molecular complexity index is 323. The number of carbonyl (C=O) groups excluding carboxylic acids is 2. The van der Waals surface area contributed by atoms with E-state index in [1.54, 1.807) is 37.9 Å². The zero-order chi connectivity index (χ0) is 14.3. The largest absolute Gasteiger partial charge is 0.469 e. The van der Waals surface area contributed by atoms with Gasteiger partial charge in [-0.05, 0) is 31.8 Å². The SMILES string of the molecule is COC(=O)[C@@H](C)[C@H](/C=C/I)NC(=O)OC(C)(C)C. The zero-order valence-corrected chi connectivity index (χ0v) is 13.5. The Morgan fingerprint density at radius 1 is 1.33 bits per heavy atom. The lowest BCUT2D eigenvalue weighted by molar-refractivity contribution is -0.145. The van der Waals surface area contributed by atoms with Crippen LogP contribution in [0.15, 0.2) is 10.2 Å². The number of hydrogen-bond acceptors (Lipinski definition) is 4. The molecule has 0 saturated carbocycles. The van der Waals surface area contributed by atoms with E-state index >= 15 is 0 Å². The van der Waals surface area contributed by atoms with Gasteiger partial charge in [-0.3, -0.25) is 4.79 Å². The highest BCUT2D eigenvalue weighted by Gasteiger charge is 2.26. The van der Waals surface area contributed by atoms with Gasteiger partial charge in [0, 0.05) is 0 Å². The maximum atomic E-state index is 11.6. The van der Waals surface area contributed by atoms with Crippen LogP contribution in [0, 0.1) is 5.92 Å². The molecule has 0 aromatic carbocycles. The molecule has 0 aromatic heterocycles. The molecule has 0 radical (unpaired) electrons. The third-order valence-electron chi connectivity index (χ3n) is 2.08. The van der Waals surface area contributed by atoms with E-state index < -0.39 is 23.7 Å². The van der Waals surface area contributed by atoms with Gasteiger partial charge in [-0.25, -0.2) is 4.79 Å². The first kappa shape index (κ1) is 17.2. The summed E-state index contributed by atoms with van der Waals surface area (Å²) in [5, 5.41) is 2.64. The average Bonchev–Trinajstić information content (AvgIpc) is 2.23. The topological polar surface area (TPSA) is 64.6 Å². The Labute approximate surface area is 121 Å². The number of rotatable bonds is 4. The quantitative estimate of drug-likeness (QED) is 0.611. The van der Waals surface area contributed by atoms with Gasteiger partial charge in [0.25, 0.3) is 0 Å². The summed E-state index contributed by atoms with van der Waals surface area (Å²) in [7, 11) is 1.32. The van der Waals surface area contributed by atoms with E-state index in [9.17, 15) is 9.59 Å². The van der Waals surface area contributed by atoms with Crippen molar-refractivity contribution < 1.29 is 19.1 Å². The second-order valence-electron chi connectivity index (χ2n) is 4.80. The number of hydrogen-bond donors (Lipinski definition) is 1. The summed E-state index contributed by atoms with van der Waals surface area (Å²) in [4.78, 5) is 23.1. The van der Waals surface area contributed by atoms with Crippen molar-refractivity contribution in [1.29, 1.82) is 0 Å². The molecule has 0 aliphatic heterocycles. The Morgan fingerprint density at radius 3 is 2.28 bits per heavy atom. The molecule has 6 heteroatoms. The third kappa shape index (κ3) is 6.83. The van der Waals surface area contributed by atoms with Crippen molar-refractivity contribution in [2.45, 2.75) is 39.3 Å². The van der Waals surface area contributed by atoms with Crippen LogP contribution in [0.2, 0.25) is 0 Å². The lowest BCUT2D eigenvalue weighted by Crippen LogP contribution is -2.43. The number of alkyl carbamates (subject to hydrolysis) is 1. The van der Waals surface area contributed by atoms with Crippen LogP contribution in [-0.2, 0) is 14.3 Å². The van der Waals surface area contributed by atoms with Crippen LogP contribution in [0.3, 0.4) is 0 Å². The summed E-state index contributed by atoms with van der Waals surface area (Å²) in [5.41, 5.74) is -0.572. The summed E-state index contributed by atoms with van der Waals surface area (Å²) >= 11 is 2.02. The number of ether oxygens (including phenoxy) is 2. The molecule has 18 heavy (non-hydrogen) atoms. The van der Waals surface area contributed by atoms with Crippen molar-refractivity contribution in [3.63, 3.8) is 0 Å². The van der Waals surface area contributed by atoms with Gasteiger partial charge in [-0.1, -0.05) is 28.7 Å². The first-order valence-corrected chi connectivity index (χ1v) is 6.80. The fraction of sp³-hybridized carbons (Fsp3) is 0.667. The number of nitrogens with one attached hydrogen (secondary N) is 1. The van der Waals surface area contributed by atoms with E-state index in [0.717, 1.165) is 0 Å². The molecule has 2 atom stereocenters. The molecule has 1 N–H and O–H groups in total. The molecule has 0 aromatic rings. The van der Waals surface area contributed by atoms with Gasteiger partial charge in [0.2, 0.25) is 0 Å². The maximum absolute atomic E-state index is 11.6. The highest BCUT2D eigenvalue weighted by atomic mass is 127. The van der Waals surface area contributed by atoms with Crippen LogP contribution in [0.25, 0.3) is 0 Å². The molecule has 0 saturated heterocycles. The standard InChI is InChI=1S/C12H20INO4/c1-8(10(15)17-5)9(6-7-13)14-11(16)18-12(2,3)4/h6-9H,1-5H3,(H,14,16)/b7-6+/t8-,9-/m0/s1. The number of carbonyl (C=O) groups is 2. The molecule has 5 nitrogen and oxygen atoms in total. The molecule has 0 unspecified atom stereocenters. The van der Waals surface area contributed by atoms with Crippen LogP contribution in [-0.4, -0.2) is 30.8 Å². The molecular weight excluding hydrogens is 349 g/mol. The highest BCUT2D eigenvalue weighted by Crippen LogP contribution is 2.11. The first-order chi connectivity index (χ1) is 8.21. The van der Waals surface area contributed by atoms with Crippen molar-refractivity contribution in [2.75, 3.05) is 7.11 Å². The predicted octanol–water partition coefficient (Wildman–Crippen LogP) is 2.64. The van der Waals surface area contributed by atoms with Gasteiger partial charge >= 0.3 is 12.1 Å². The Hall–Kier alpha value is -0.790. The van der Waals surface area contributed by atoms with E-state index in [0.29, 0.717) is 0 Å². The normalized spacial score (nSPS) is 15.0. The van der Waals surface area contributed by atoms with Crippen molar-refractivity contribution in [3.05, 3.63) is 10.2 Å². The van der Waals surface area contributed by atoms with Gasteiger partial charge in [0.1, 0.15) is 5.60 Å². The fourth-order valence-corrected chi connectivity index (χ4v) is 1.64. The Balaban J connectivity index is 4.63. The molecule has 0 aliphatic carbocycles. The average molecular weight is 369 g/mol. The molecule has 1 amide bonds. The smallest absolute Gasteiger partial charge is 0.408 e. The summed E-state index contributed by atoms with van der Waals surface area (Å²) in [6.07, 6.45) is 1.16. The minimum Gasteiger partial charge on any atom is -0.469 e. The van der Waals surface area contributed by atoms with E-state index in [1.807, 2.05) is 22.6 Å². The minimum atomic E-state index is -0.572. The van der Waals surface area contributed by atoms with Gasteiger partial charge in [0.15, 0.2) is 0 Å². The van der Waals surface area contributed by atoms with Crippen LogP contribution in [0.5, 0.6) is 0 Å². The molecule has 0 spiro atoms. The summed E-state index contributed by atoms with van der Waals surface area (Å²) in [5.74, 6) is -0.862. The van der Waals surface area contributed by atoms with E-state index in [2.05, 4.69) is 10.1 Å². The lowest BCUT2D eigenvalue weighted by atomic mass is 10.0. The lowest BCUT2D eigenvalue weighted by Gasteiger charge is -2.24. The minimum absolute atomic E-state index is 0.384. The monoisotopic (exact) mass is 369 g/mol. The van der Waals surface area contributed by atoms with E-state index in [4.69, 9.17) is 4.74 Å². The zero-order valence-electron chi connectivity index (χ0n) is 11.3. The van der Waals surface area contributed by atoms with E-state index in [-0.39, 0.29) is 5.97 Å². The number of halogens is 1. The second-order valence-corrected chi connectivity index (χ2v) is 5.52. The predicted molar refractivity (Wildman–Crippen MR) is 77.5 cm³/mol. The number of esters is 1. The van der Waals surface area contributed by atoms with Gasteiger partial charge in [-0.15, -0.1) is 0 Å². The van der Waals surface area contributed by atoms with Crippen molar-refractivity contribution in [1.82, 2.24) is 5.32 Å². The second kappa shape index (κ2) is 7.60. The van der Waals surface area contributed by atoms with E-state index in [1.165, 1.54) is 7.11 Å². The van der Waals surface area contributed by atoms with Crippen molar-refractivity contribution in [3.8, 4) is 0 Å². The molecule has 0 fully saturated rings. The Kier molecular flexibility index (Phi) is 7.27. The van der Waals surface area contributed by atoms with Crippen LogP contribution >= 0.6 is 22.6 Å². The van der Waals surface area contributed by atoms with Gasteiger partial charge in [0.05, 0.1) is 19.1 Å². The van der Waals surface area contributed by atoms with Gasteiger partial charge in [-0.2, -0.15) is 0 Å². The van der Waals surface area contributed by atoms with Crippen LogP contribution < -0.4 is 5.32 Å². The summed E-state index contributed by atoms with van der Waals surface area (Å²) in [6.45, 7) is 7.02. The van der Waals surface area contributed by atoms with Crippen molar-refractivity contribution in [2.24, 2.45) is 5.92 Å². The molecule has 0 rings (SSSR count). The molecular formula is C12H20INO4. The van der Waals surface area contributed by atoms with Crippen LogP contribution in [0.4, 0.5) is 4.79 Å². The third-order valence-corrected chi connectivity index (χ3v) is 2.49. The maximum Gasteiger partial charge on any atom is 0.408 e. The van der Waals surface area contributed by atoms with Crippen molar-refractivity contribution >= 4 is 34.7 Å². The summed E-state index contributed by atoms with van der Waals surface area (Å²) in [6, 6.07) is -0.454. The molecule has 104 valence electrons.